The normalized spacial score (nSPS) is 10.9. The van der Waals surface area contributed by atoms with Crippen molar-refractivity contribution in [1.82, 2.24) is 5.43 Å². The van der Waals surface area contributed by atoms with E-state index in [9.17, 15) is 13.2 Å². The molecule has 130 valence electrons. The minimum atomic E-state index is -4.45. The molecule has 1 heterocycles. The first-order chi connectivity index (χ1) is 11.3. The van der Waals surface area contributed by atoms with Crippen molar-refractivity contribution in [3.63, 3.8) is 0 Å². The molecule has 24 heavy (non-hydrogen) atoms. The molecule has 1 aromatic carbocycles. The quantitative estimate of drug-likeness (QED) is 0.343. The molecule has 0 radical (unpaired) electrons. The van der Waals surface area contributed by atoms with Crippen LogP contribution in [0, 0.1) is 0 Å². The van der Waals surface area contributed by atoms with Crippen molar-refractivity contribution in [3.05, 3.63) is 53.5 Å². The first kappa shape index (κ1) is 19.3. The maximum Gasteiger partial charge on any atom is 0.417 e. The van der Waals surface area contributed by atoms with Gasteiger partial charge in [-0.1, -0.05) is 6.07 Å². The summed E-state index contributed by atoms with van der Waals surface area (Å²) in [5, 5.41) is 1.15. The van der Waals surface area contributed by atoms with E-state index < -0.39 is 11.7 Å². The van der Waals surface area contributed by atoms with Crippen LogP contribution in [0.2, 0.25) is 0 Å². The average molecular weight is 342 g/mol. The zero-order valence-electron chi connectivity index (χ0n) is 12.7. The third kappa shape index (κ3) is 5.45. The molecule has 1 aromatic heterocycles. The summed E-state index contributed by atoms with van der Waals surface area (Å²) in [6, 6.07) is 7.18. The summed E-state index contributed by atoms with van der Waals surface area (Å²) in [4.78, 5) is 8.94. The van der Waals surface area contributed by atoms with Crippen LogP contribution in [0.5, 0.6) is 0 Å². The molecule has 6 nitrogen and oxygen atoms in total. The van der Waals surface area contributed by atoms with Crippen LogP contribution in [0.3, 0.4) is 0 Å². The molecule has 1 amide bonds. The molecule has 0 aliphatic heterocycles. The number of rotatable bonds is 4. The second-order valence-electron chi connectivity index (χ2n) is 4.48. The first-order valence-electron chi connectivity index (χ1n) is 6.61. The summed E-state index contributed by atoms with van der Waals surface area (Å²) in [5.74, 6) is 10.5. The smallest absolute Gasteiger partial charge is 0.417 e. The molecule has 9 heteroatoms. The van der Waals surface area contributed by atoms with Crippen molar-refractivity contribution in [1.29, 1.82) is 0 Å². The van der Waals surface area contributed by atoms with Gasteiger partial charge in [-0.15, -0.1) is 0 Å². The van der Waals surface area contributed by atoms with Crippen LogP contribution in [0.15, 0.2) is 41.0 Å². The van der Waals surface area contributed by atoms with Gasteiger partial charge in [0.25, 0.3) is 0 Å². The van der Waals surface area contributed by atoms with Crippen LogP contribution >= 0.6 is 0 Å². The van der Waals surface area contributed by atoms with E-state index >= 15 is 0 Å². The lowest BCUT2D eigenvalue weighted by atomic mass is 10.0. The number of carbonyl (C=O) groups excluding carboxylic acids is 1. The molecule has 0 aliphatic carbocycles. The van der Waals surface area contributed by atoms with E-state index in [0.29, 0.717) is 12.2 Å². The van der Waals surface area contributed by atoms with Gasteiger partial charge in [-0.05, 0) is 36.4 Å². The Morgan fingerprint density at radius 1 is 1.21 bits per heavy atom. The minimum Gasteiger partial charge on any atom is -0.465 e. The number of alkyl halides is 3. The number of furan rings is 1. The molecule has 2 rings (SSSR count). The van der Waals surface area contributed by atoms with Crippen molar-refractivity contribution in [2.75, 3.05) is 12.1 Å². The number of nitrogens with two attached hydrogens (primary N) is 2. The molecule has 0 spiro atoms. The molecule has 0 atom stereocenters. The van der Waals surface area contributed by atoms with Crippen molar-refractivity contribution < 1.29 is 22.4 Å². The molecule has 0 saturated carbocycles. The fourth-order valence-electron chi connectivity index (χ4n) is 1.83. The maximum atomic E-state index is 13.0. The Balaban J connectivity index is 0.000000648. The number of carbonyl (C=O) groups is 1. The number of nitrogens with one attached hydrogen (secondary N) is 1. The summed E-state index contributed by atoms with van der Waals surface area (Å²) < 4.78 is 44.2. The van der Waals surface area contributed by atoms with Crippen LogP contribution in [-0.2, 0) is 11.0 Å². The number of hydrogen-bond donors (Lipinski definition) is 3. The molecule has 0 fully saturated rings. The topological polar surface area (TPSA) is 97.5 Å². The van der Waals surface area contributed by atoms with E-state index in [-0.39, 0.29) is 11.3 Å². The summed E-state index contributed by atoms with van der Waals surface area (Å²) in [6.45, 7) is 0. The Kier molecular flexibility index (Phi) is 7.02. The molecule has 0 unspecified atom stereocenters. The van der Waals surface area contributed by atoms with Gasteiger partial charge in [-0.3, -0.25) is 10.2 Å². The second-order valence-corrected chi connectivity index (χ2v) is 4.48. The summed E-state index contributed by atoms with van der Waals surface area (Å²) in [7, 11) is 1.49. The van der Waals surface area contributed by atoms with E-state index in [2.05, 4.69) is 5.84 Å². The Bertz CT molecular complexity index is 668. The highest BCUT2D eigenvalue weighted by Gasteiger charge is 2.33. The SMILES string of the molecule is CN(N)c1cccc(C(F)(F)F)c1/C=C/c1ccco1.NNC=O. The predicted octanol–water partition coefficient (Wildman–Crippen LogP) is 2.38. The van der Waals surface area contributed by atoms with Gasteiger partial charge >= 0.3 is 6.18 Å². The van der Waals surface area contributed by atoms with E-state index in [1.54, 1.807) is 17.6 Å². The predicted molar refractivity (Wildman–Crippen MR) is 85.1 cm³/mol. The highest BCUT2D eigenvalue weighted by molar-refractivity contribution is 5.78. The summed E-state index contributed by atoms with van der Waals surface area (Å²) in [6.07, 6.45) is 0.220. The van der Waals surface area contributed by atoms with Gasteiger partial charge in [0.1, 0.15) is 5.76 Å². The van der Waals surface area contributed by atoms with E-state index in [1.807, 2.05) is 0 Å². The Labute approximate surface area is 136 Å². The van der Waals surface area contributed by atoms with Crippen molar-refractivity contribution in [2.24, 2.45) is 11.7 Å². The maximum absolute atomic E-state index is 13.0. The third-order valence-electron chi connectivity index (χ3n) is 2.79. The number of amides is 1. The van der Waals surface area contributed by atoms with Crippen LogP contribution in [0.4, 0.5) is 18.9 Å². The number of nitrogens with zero attached hydrogens (tertiary/aromatic N) is 1. The monoisotopic (exact) mass is 342 g/mol. The van der Waals surface area contributed by atoms with Gasteiger partial charge in [0, 0.05) is 12.6 Å². The second kappa shape index (κ2) is 8.75. The fraction of sp³-hybridized carbons (Fsp3) is 0.133. The van der Waals surface area contributed by atoms with Gasteiger partial charge in [0.15, 0.2) is 0 Å². The van der Waals surface area contributed by atoms with Gasteiger partial charge in [0.05, 0.1) is 17.5 Å². The van der Waals surface area contributed by atoms with Crippen LogP contribution < -0.4 is 22.1 Å². The lowest BCUT2D eigenvalue weighted by Crippen LogP contribution is -2.26. The van der Waals surface area contributed by atoms with Crippen molar-refractivity contribution >= 4 is 24.2 Å². The molecular formula is C15H17F3N4O2. The van der Waals surface area contributed by atoms with Gasteiger partial charge in [-0.25, -0.2) is 11.7 Å². The summed E-state index contributed by atoms with van der Waals surface area (Å²) in [5.41, 5.74) is 1.29. The first-order valence-corrected chi connectivity index (χ1v) is 6.61. The number of anilines is 1. The third-order valence-corrected chi connectivity index (χ3v) is 2.79. The lowest BCUT2D eigenvalue weighted by Gasteiger charge is -2.19. The number of benzene rings is 1. The van der Waals surface area contributed by atoms with E-state index in [0.717, 1.165) is 11.1 Å². The van der Waals surface area contributed by atoms with Crippen molar-refractivity contribution in [3.8, 4) is 0 Å². The molecule has 2 aromatic rings. The number of hydrazine groups is 2. The number of hydrogen-bond acceptors (Lipinski definition) is 5. The molecule has 0 aliphatic rings. The molecule has 5 N–H and O–H groups in total. The standard InChI is InChI=1S/C14H13F3N2O.CH4N2O/c1-19(18)13-6-2-5-12(14(15,16)17)11(13)8-7-10-4-3-9-20-10;2-3-1-4/h2-9H,18H2,1H3;1H,2H2,(H,3,4)/b8-7+;. The van der Waals surface area contributed by atoms with Crippen LogP contribution in [0.25, 0.3) is 12.2 Å². The van der Waals surface area contributed by atoms with Gasteiger partial charge < -0.3 is 9.43 Å². The van der Waals surface area contributed by atoms with Crippen molar-refractivity contribution in [2.45, 2.75) is 6.18 Å². The molecular weight excluding hydrogens is 325 g/mol. The van der Waals surface area contributed by atoms with Crippen LogP contribution in [0.1, 0.15) is 16.9 Å². The van der Waals surface area contributed by atoms with Gasteiger partial charge in [-0.2, -0.15) is 13.2 Å². The number of halogens is 3. The van der Waals surface area contributed by atoms with Gasteiger partial charge in [0.2, 0.25) is 6.41 Å². The zero-order chi connectivity index (χ0) is 18.2. The summed E-state index contributed by atoms with van der Waals surface area (Å²) >= 11 is 0. The highest BCUT2D eigenvalue weighted by atomic mass is 19.4. The Hall–Kier alpha value is -2.78. The van der Waals surface area contributed by atoms with E-state index in [1.165, 1.54) is 37.6 Å². The van der Waals surface area contributed by atoms with Crippen LogP contribution in [-0.4, -0.2) is 13.5 Å². The average Bonchev–Trinajstić information content (AvgIpc) is 3.05. The minimum absolute atomic E-state index is 0.00130. The Morgan fingerprint density at radius 2 is 1.88 bits per heavy atom. The molecule has 0 saturated heterocycles. The Morgan fingerprint density at radius 3 is 2.33 bits per heavy atom. The molecule has 0 bridgehead atoms. The fourth-order valence-corrected chi connectivity index (χ4v) is 1.83. The zero-order valence-corrected chi connectivity index (χ0v) is 12.7. The lowest BCUT2D eigenvalue weighted by molar-refractivity contribution is -0.137. The largest absolute Gasteiger partial charge is 0.465 e. The highest BCUT2D eigenvalue weighted by Crippen LogP contribution is 2.36. The van der Waals surface area contributed by atoms with E-state index in [4.69, 9.17) is 15.1 Å².